The van der Waals surface area contributed by atoms with E-state index in [2.05, 4.69) is 34.6 Å². The maximum atomic E-state index is 5.61. The standard InChI is InChI=1S/C10H23NO/c1-8(2)12-7-10(4,5)9(3)6-11/h8-9H,6-7,11H2,1-5H3. The number of nitrogens with two attached hydrogens (primary N) is 1. The SMILES string of the molecule is CC(C)OCC(C)(C)C(C)CN. The average Bonchev–Trinajstić information content (AvgIpc) is 1.99. The maximum absolute atomic E-state index is 5.61. The van der Waals surface area contributed by atoms with Crippen molar-refractivity contribution in [2.45, 2.75) is 40.7 Å². The molecule has 0 aliphatic carbocycles. The minimum absolute atomic E-state index is 0.193. The Morgan fingerprint density at radius 2 is 1.75 bits per heavy atom. The van der Waals surface area contributed by atoms with E-state index in [9.17, 15) is 0 Å². The molecule has 0 spiro atoms. The lowest BCUT2D eigenvalue weighted by atomic mass is 9.81. The van der Waals surface area contributed by atoms with Gasteiger partial charge < -0.3 is 10.5 Å². The van der Waals surface area contributed by atoms with Crippen LogP contribution in [0.4, 0.5) is 0 Å². The lowest BCUT2D eigenvalue weighted by molar-refractivity contribution is 0.000930. The molecule has 0 heterocycles. The molecule has 0 bridgehead atoms. The van der Waals surface area contributed by atoms with Gasteiger partial charge in [-0.15, -0.1) is 0 Å². The highest BCUT2D eigenvalue weighted by Crippen LogP contribution is 2.26. The van der Waals surface area contributed by atoms with E-state index in [-0.39, 0.29) is 5.41 Å². The topological polar surface area (TPSA) is 35.2 Å². The van der Waals surface area contributed by atoms with Gasteiger partial charge in [0.25, 0.3) is 0 Å². The molecule has 0 fully saturated rings. The fourth-order valence-corrected chi connectivity index (χ4v) is 0.843. The normalized spacial score (nSPS) is 15.2. The number of rotatable bonds is 5. The van der Waals surface area contributed by atoms with E-state index < -0.39 is 0 Å². The van der Waals surface area contributed by atoms with Gasteiger partial charge in [0.05, 0.1) is 12.7 Å². The number of hydrogen-bond donors (Lipinski definition) is 1. The second-order valence-electron chi connectivity index (χ2n) is 4.49. The minimum Gasteiger partial charge on any atom is -0.378 e. The van der Waals surface area contributed by atoms with Gasteiger partial charge in [-0.25, -0.2) is 0 Å². The van der Waals surface area contributed by atoms with Crippen LogP contribution in [-0.4, -0.2) is 19.3 Å². The van der Waals surface area contributed by atoms with Crippen LogP contribution in [0.5, 0.6) is 0 Å². The van der Waals surface area contributed by atoms with Crippen LogP contribution in [0.2, 0.25) is 0 Å². The summed E-state index contributed by atoms with van der Waals surface area (Å²) in [7, 11) is 0. The van der Waals surface area contributed by atoms with Crippen LogP contribution in [0, 0.1) is 11.3 Å². The molecular weight excluding hydrogens is 150 g/mol. The molecule has 0 aromatic rings. The van der Waals surface area contributed by atoms with Crippen LogP contribution in [-0.2, 0) is 4.74 Å². The van der Waals surface area contributed by atoms with E-state index in [4.69, 9.17) is 10.5 Å². The van der Waals surface area contributed by atoms with Crippen LogP contribution in [0.15, 0.2) is 0 Å². The first kappa shape index (κ1) is 11.9. The maximum Gasteiger partial charge on any atom is 0.0523 e. The monoisotopic (exact) mass is 173 g/mol. The van der Waals surface area contributed by atoms with Crippen molar-refractivity contribution in [2.75, 3.05) is 13.2 Å². The van der Waals surface area contributed by atoms with E-state index in [1.54, 1.807) is 0 Å². The Bertz CT molecular complexity index is 121. The van der Waals surface area contributed by atoms with Crippen molar-refractivity contribution in [3.05, 3.63) is 0 Å². The second-order valence-corrected chi connectivity index (χ2v) is 4.49. The van der Waals surface area contributed by atoms with Gasteiger partial charge in [-0.2, -0.15) is 0 Å². The van der Waals surface area contributed by atoms with E-state index in [1.165, 1.54) is 0 Å². The van der Waals surface area contributed by atoms with Crippen molar-refractivity contribution in [1.29, 1.82) is 0 Å². The third-order valence-electron chi connectivity index (χ3n) is 2.48. The lowest BCUT2D eigenvalue weighted by Crippen LogP contribution is -2.33. The van der Waals surface area contributed by atoms with Gasteiger partial charge in [0.15, 0.2) is 0 Å². The van der Waals surface area contributed by atoms with Crippen LogP contribution in [0.3, 0.4) is 0 Å². The Morgan fingerprint density at radius 1 is 1.25 bits per heavy atom. The molecule has 0 saturated heterocycles. The van der Waals surface area contributed by atoms with Crippen LogP contribution in [0.25, 0.3) is 0 Å². The predicted molar refractivity (Wildman–Crippen MR) is 53.1 cm³/mol. The molecule has 0 aliphatic rings. The molecule has 1 unspecified atom stereocenters. The summed E-state index contributed by atoms with van der Waals surface area (Å²) < 4.78 is 5.57. The molecule has 0 aliphatic heterocycles. The van der Waals surface area contributed by atoms with Crippen molar-refractivity contribution in [2.24, 2.45) is 17.1 Å². The third kappa shape index (κ3) is 4.07. The number of ether oxygens (including phenoxy) is 1. The molecule has 2 nitrogen and oxygen atoms in total. The summed E-state index contributed by atoms with van der Waals surface area (Å²) in [6.07, 6.45) is 0.314. The molecule has 74 valence electrons. The van der Waals surface area contributed by atoms with Crippen molar-refractivity contribution >= 4 is 0 Å². The third-order valence-corrected chi connectivity index (χ3v) is 2.48. The zero-order chi connectivity index (χ0) is 9.78. The molecule has 1 atom stereocenters. The van der Waals surface area contributed by atoms with Crippen LogP contribution < -0.4 is 5.73 Å². The van der Waals surface area contributed by atoms with Gasteiger partial charge >= 0.3 is 0 Å². The van der Waals surface area contributed by atoms with Crippen molar-refractivity contribution < 1.29 is 4.74 Å². The lowest BCUT2D eigenvalue weighted by Gasteiger charge is -2.31. The fourth-order valence-electron chi connectivity index (χ4n) is 0.843. The quantitative estimate of drug-likeness (QED) is 0.690. The summed E-state index contributed by atoms with van der Waals surface area (Å²) >= 11 is 0. The Morgan fingerprint density at radius 3 is 2.08 bits per heavy atom. The molecular formula is C10H23NO. The van der Waals surface area contributed by atoms with E-state index >= 15 is 0 Å². The van der Waals surface area contributed by atoms with E-state index in [1.807, 2.05) is 0 Å². The summed E-state index contributed by atoms with van der Waals surface area (Å²) in [5, 5.41) is 0. The summed E-state index contributed by atoms with van der Waals surface area (Å²) in [6.45, 7) is 12.2. The van der Waals surface area contributed by atoms with E-state index in [0.717, 1.165) is 13.2 Å². The van der Waals surface area contributed by atoms with Gasteiger partial charge in [0.1, 0.15) is 0 Å². The van der Waals surface area contributed by atoms with Crippen molar-refractivity contribution in [3.63, 3.8) is 0 Å². The molecule has 0 saturated carbocycles. The molecule has 2 heteroatoms. The number of hydrogen-bond acceptors (Lipinski definition) is 2. The Kier molecular flexibility index (Phi) is 4.80. The Balaban J connectivity index is 3.86. The molecule has 0 aromatic heterocycles. The highest BCUT2D eigenvalue weighted by Gasteiger charge is 2.25. The highest BCUT2D eigenvalue weighted by molar-refractivity contribution is 4.75. The smallest absolute Gasteiger partial charge is 0.0523 e. The first-order valence-electron chi connectivity index (χ1n) is 4.72. The summed E-state index contributed by atoms with van der Waals surface area (Å²) in [5.41, 5.74) is 5.80. The first-order chi connectivity index (χ1) is 5.40. The van der Waals surface area contributed by atoms with Crippen molar-refractivity contribution in [1.82, 2.24) is 0 Å². The molecule has 2 N–H and O–H groups in total. The van der Waals surface area contributed by atoms with Gasteiger partial charge in [0, 0.05) is 0 Å². The molecule has 0 amide bonds. The zero-order valence-electron chi connectivity index (χ0n) is 9.05. The fraction of sp³-hybridized carbons (Fsp3) is 1.00. The van der Waals surface area contributed by atoms with Crippen molar-refractivity contribution in [3.8, 4) is 0 Å². The predicted octanol–water partition coefficient (Wildman–Crippen LogP) is 2.03. The van der Waals surface area contributed by atoms with E-state index in [0.29, 0.717) is 12.0 Å². The van der Waals surface area contributed by atoms with Gasteiger partial charge in [-0.05, 0) is 31.7 Å². The average molecular weight is 173 g/mol. The largest absolute Gasteiger partial charge is 0.378 e. The highest BCUT2D eigenvalue weighted by atomic mass is 16.5. The molecule has 12 heavy (non-hydrogen) atoms. The summed E-state index contributed by atoms with van der Waals surface area (Å²) in [4.78, 5) is 0. The van der Waals surface area contributed by atoms with Crippen LogP contribution in [0.1, 0.15) is 34.6 Å². The Labute approximate surface area is 76.5 Å². The first-order valence-corrected chi connectivity index (χ1v) is 4.72. The van der Waals surface area contributed by atoms with Gasteiger partial charge in [-0.1, -0.05) is 20.8 Å². The molecule has 0 aromatic carbocycles. The Hall–Kier alpha value is -0.0800. The molecule has 0 radical (unpaired) electrons. The second kappa shape index (κ2) is 4.83. The zero-order valence-corrected chi connectivity index (χ0v) is 9.05. The molecule has 0 rings (SSSR count). The minimum atomic E-state index is 0.193. The summed E-state index contributed by atoms with van der Waals surface area (Å²) in [5.74, 6) is 0.510. The van der Waals surface area contributed by atoms with Gasteiger partial charge in [-0.3, -0.25) is 0 Å². The van der Waals surface area contributed by atoms with Crippen LogP contribution >= 0.6 is 0 Å². The van der Waals surface area contributed by atoms with Gasteiger partial charge in [0.2, 0.25) is 0 Å². The summed E-state index contributed by atoms with van der Waals surface area (Å²) in [6, 6.07) is 0.